The zero-order valence-electron chi connectivity index (χ0n) is 9.89. The predicted octanol–water partition coefficient (Wildman–Crippen LogP) is 1.81. The Bertz CT molecular complexity index is 413. The average Bonchev–Trinajstić information content (AvgIpc) is 2.88. The van der Waals surface area contributed by atoms with Gasteiger partial charge in [-0.25, -0.2) is 4.79 Å². The maximum absolute atomic E-state index is 11.9. The number of hydrogen-bond donors (Lipinski definition) is 0. The first-order valence-corrected chi connectivity index (χ1v) is 6.08. The van der Waals surface area contributed by atoms with Crippen LogP contribution >= 0.6 is 0 Å². The highest BCUT2D eigenvalue weighted by Gasteiger charge is 2.49. The Balaban J connectivity index is 1.78. The van der Waals surface area contributed by atoms with Gasteiger partial charge in [0, 0.05) is 24.9 Å². The fourth-order valence-electron chi connectivity index (χ4n) is 3.06. The first-order chi connectivity index (χ1) is 8.21. The first-order valence-electron chi connectivity index (χ1n) is 6.08. The molecule has 2 unspecified atom stereocenters. The lowest BCUT2D eigenvalue weighted by Gasteiger charge is -2.41. The molecule has 3 rings (SSSR count). The van der Waals surface area contributed by atoms with Gasteiger partial charge in [-0.1, -0.05) is 5.16 Å². The van der Waals surface area contributed by atoms with Gasteiger partial charge in [0.25, 0.3) is 0 Å². The van der Waals surface area contributed by atoms with E-state index in [2.05, 4.69) is 14.6 Å². The molecular weight excluding hydrogens is 220 g/mol. The third kappa shape index (κ3) is 1.65. The zero-order valence-corrected chi connectivity index (χ0v) is 9.89. The third-order valence-electron chi connectivity index (χ3n) is 4.09. The molecule has 0 spiro atoms. The van der Waals surface area contributed by atoms with Crippen LogP contribution in [0.3, 0.4) is 0 Å². The average molecular weight is 236 g/mol. The summed E-state index contributed by atoms with van der Waals surface area (Å²) in [6.45, 7) is 0. The van der Waals surface area contributed by atoms with Gasteiger partial charge in [0.2, 0.25) is 0 Å². The molecule has 92 valence electrons. The highest BCUT2D eigenvalue weighted by atomic mass is 16.6. The van der Waals surface area contributed by atoms with E-state index >= 15 is 0 Å². The maximum atomic E-state index is 11.9. The molecule has 2 aliphatic heterocycles. The number of esters is 1. The Morgan fingerprint density at radius 1 is 1.59 bits per heavy atom. The van der Waals surface area contributed by atoms with E-state index in [1.54, 1.807) is 0 Å². The van der Waals surface area contributed by atoms with Crippen LogP contribution in [0, 0.1) is 0 Å². The molecule has 2 atom stereocenters. The van der Waals surface area contributed by atoms with Crippen molar-refractivity contribution < 1.29 is 14.1 Å². The van der Waals surface area contributed by atoms with Crippen molar-refractivity contribution in [3.05, 3.63) is 18.0 Å². The van der Waals surface area contributed by atoms with E-state index in [0.29, 0.717) is 6.04 Å². The van der Waals surface area contributed by atoms with Crippen molar-refractivity contribution in [3.8, 4) is 0 Å². The molecule has 0 aliphatic carbocycles. The fourth-order valence-corrected chi connectivity index (χ4v) is 3.06. The van der Waals surface area contributed by atoms with E-state index in [1.165, 1.54) is 18.8 Å². The second kappa shape index (κ2) is 3.84. The van der Waals surface area contributed by atoms with E-state index in [-0.39, 0.29) is 11.7 Å². The molecule has 0 aromatic carbocycles. The number of rotatable bonds is 2. The van der Waals surface area contributed by atoms with Crippen LogP contribution in [0.2, 0.25) is 0 Å². The summed E-state index contributed by atoms with van der Waals surface area (Å²) in [4.78, 5) is 14.1. The molecule has 17 heavy (non-hydrogen) atoms. The molecular formula is C12H16N2O3. The van der Waals surface area contributed by atoms with Crippen LogP contribution in [0.15, 0.2) is 16.9 Å². The first kappa shape index (κ1) is 10.8. The molecule has 2 saturated heterocycles. The van der Waals surface area contributed by atoms with Crippen LogP contribution in [0.4, 0.5) is 0 Å². The topological polar surface area (TPSA) is 55.6 Å². The summed E-state index contributed by atoms with van der Waals surface area (Å²) in [7, 11) is 2.05. The quantitative estimate of drug-likeness (QED) is 0.733. The zero-order chi connectivity index (χ0) is 11.9. The summed E-state index contributed by atoms with van der Waals surface area (Å²) in [6, 6.07) is 2.10. The minimum atomic E-state index is -0.404. The largest absolute Gasteiger partial charge is 0.439 e. The summed E-state index contributed by atoms with van der Waals surface area (Å²) in [5, 5.41) is 3.62. The number of hydrogen-bond acceptors (Lipinski definition) is 5. The third-order valence-corrected chi connectivity index (χ3v) is 4.09. The number of ether oxygens (including phenoxy) is 1. The van der Waals surface area contributed by atoms with Gasteiger partial charge in [-0.2, -0.15) is 0 Å². The van der Waals surface area contributed by atoms with Gasteiger partial charge < -0.3 is 9.26 Å². The van der Waals surface area contributed by atoms with Crippen molar-refractivity contribution in [2.45, 2.75) is 43.9 Å². The van der Waals surface area contributed by atoms with Crippen LogP contribution in [0.5, 0.6) is 0 Å². The lowest BCUT2D eigenvalue weighted by atomic mass is 10.0. The molecule has 2 aliphatic rings. The van der Waals surface area contributed by atoms with Crippen molar-refractivity contribution in [2.75, 3.05) is 7.05 Å². The number of aromatic nitrogens is 1. The molecule has 0 saturated carbocycles. The van der Waals surface area contributed by atoms with Gasteiger partial charge in [0.1, 0.15) is 6.26 Å². The van der Waals surface area contributed by atoms with Crippen molar-refractivity contribution in [1.82, 2.24) is 10.1 Å². The number of fused-ring (bicyclic) bond motifs is 2. The van der Waals surface area contributed by atoms with Gasteiger partial charge in [-0.05, 0) is 26.3 Å². The van der Waals surface area contributed by atoms with Crippen LogP contribution in [-0.4, -0.2) is 34.8 Å². The Morgan fingerprint density at radius 3 is 3.24 bits per heavy atom. The molecule has 5 nitrogen and oxygen atoms in total. The SMILES string of the molecule is CN1C2CCCC1(OC(=O)c1ccon1)CC2. The van der Waals surface area contributed by atoms with E-state index in [1.807, 2.05) is 7.05 Å². The fraction of sp³-hybridized carbons (Fsp3) is 0.667. The smallest absolute Gasteiger partial charge is 0.362 e. The maximum Gasteiger partial charge on any atom is 0.362 e. The molecule has 1 aromatic rings. The second-order valence-corrected chi connectivity index (χ2v) is 4.92. The van der Waals surface area contributed by atoms with Crippen LogP contribution in [-0.2, 0) is 4.74 Å². The van der Waals surface area contributed by atoms with Gasteiger partial charge in [-0.15, -0.1) is 0 Å². The van der Waals surface area contributed by atoms with Gasteiger partial charge in [-0.3, -0.25) is 4.90 Å². The van der Waals surface area contributed by atoms with Crippen molar-refractivity contribution in [3.63, 3.8) is 0 Å². The number of carbonyl (C=O) groups excluding carboxylic acids is 1. The lowest BCUT2D eigenvalue weighted by molar-refractivity contribution is -0.116. The summed E-state index contributed by atoms with van der Waals surface area (Å²) >= 11 is 0. The molecule has 0 radical (unpaired) electrons. The van der Waals surface area contributed by atoms with Gasteiger partial charge in [0.15, 0.2) is 11.4 Å². The molecule has 1 aromatic heterocycles. The van der Waals surface area contributed by atoms with Crippen LogP contribution in [0.1, 0.15) is 42.6 Å². The van der Waals surface area contributed by atoms with Gasteiger partial charge in [0.05, 0.1) is 0 Å². The Morgan fingerprint density at radius 2 is 2.47 bits per heavy atom. The number of piperidine rings is 1. The monoisotopic (exact) mass is 236 g/mol. The van der Waals surface area contributed by atoms with Crippen molar-refractivity contribution in [2.24, 2.45) is 0 Å². The van der Waals surface area contributed by atoms with Crippen LogP contribution < -0.4 is 0 Å². The van der Waals surface area contributed by atoms with E-state index in [0.717, 1.165) is 25.7 Å². The van der Waals surface area contributed by atoms with Crippen molar-refractivity contribution >= 4 is 5.97 Å². The summed E-state index contributed by atoms with van der Waals surface area (Å²) in [5.74, 6) is -0.381. The predicted molar refractivity (Wildman–Crippen MR) is 59.3 cm³/mol. The summed E-state index contributed by atoms with van der Waals surface area (Å²) < 4.78 is 10.4. The standard InChI is InChI=1S/C12H16N2O3/c1-14-9-3-2-6-12(14,7-4-9)17-11(15)10-5-8-16-13-10/h5,8-9H,2-4,6-7H2,1H3. The molecule has 0 N–H and O–H groups in total. The molecule has 2 fully saturated rings. The Hall–Kier alpha value is -1.36. The normalized spacial score (nSPS) is 32.6. The number of carbonyl (C=O) groups is 1. The van der Waals surface area contributed by atoms with E-state index in [4.69, 9.17) is 4.74 Å². The van der Waals surface area contributed by atoms with Crippen molar-refractivity contribution in [1.29, 1.82) is 0 Å². The number of nitrogens with zero attached hydrogens (tertiary/aromatic N) is 2. The minimum absolute atomic E-state index is 0.252. The van der Waals surface area contributed by atoms with Crippen LogP contribution in [0.25, 0.3) is 0 Å². The molecule has 5 heteroatoms. The molecule has 0 amide bonds. The summed E-state index contributed by atoms with van der Waals surface area (Å²) in [5.41, 5.74) is -0.152. The highest BCUT2D eigenvalue weighted by molar-refractivity contribution is 5.87. The minimum Gasteiger partial charge on any atom is -0.439 e. The second-order valence-electron chi connectivity index (χ2n) is 4.92. The Labute approximate surface area is 99.7 Å². The lowest BCUT2D eigenvalue weighted by Crippen LogP contribution is -2.50. The van der Waals surface area contributed by atoms with Gasteiger partial charge >= 0.3 is 5.97 Å². The van der Waals surface area contributed by atoms with E-state index in [9.17, 15) is 4.79 Å². The van der Waals surface area contributed by atoms with E-state index < -0.39 is 5.72 Å². The highest BCUT2D eigenvalue weighted by Crippen LogP contribution is 2.43. The molecule has 2 bridgehead atoms. The Kier molecular flexibility index (Phi) is 2.43. The molecule has 3 heterocycles. The summed E-state index contributed by atoms with van der Waals surface area (Å²) in [6.07, 6.45) is 6.68.